The Labute approximate surface area is 180 Å². The normalized spacial score (nSPS) is 17.1. The van der Waals surface area contributed by atoms with Gasteiger partial charge in [0.15, 0.2) is 0 Å². The van der Waals surface area contributed by atoms with Crippen molar-refractivity contribution in [2.45, 2.75) is 26.9 Å². The van der Waals surface area contributed by atoms with Crippen molar-refractivity contribution >= 4 is 33.7 Å². The number of anilines is 3. The monoisotopic (exact) mass is 421 g/mol. The summed E-state index contributed by atoms with van der Waals surface area (Å²) >= 11 is 0. The lowest BCUT2D eigenvalue weighted by Crippen LogP contribution is -2.41. The average molecular weight is 422 g/mol. The predicted octanol–water partition coefficient (Wildman–Crippen LogP) is 3.57. The number of nitrogens with one attached hydrogen (secondary N) is 2. The number of aryl methyl sites for hydroxylation is 1. The number of nitrogens with zero attached hydrogens (tertiary/aromatic N) is 3. The average Bonchev–Trinajstić information content (AvgIpc) is 2.74. The Balaban J connectivity index is 1.71. The van der Waals surface area contributed by atoms with E-state index in [-0.39, 0.29) is 11.7 Å². The van der Waals surface area contributed by atoms with Crippen molar-refractivity contribution < 1.29 is 9.57 Å². The molecule has 2 aromatic heterocycles. The number of hydrogen-bond acceptors (Lipinski definition) is 7. The first-order chi connectivity index (χ1) is 15.0. The van der Waals surface area contributed by atoms with Gasteiger partial charge >= 0.3 is 0 Å². The Kier molecular flexibility index (Phi) is 5.90. The van der Waals surface area contributed by atoms with Crippen LogP contribution in [0.1, 0.15) is 25.1 Å². The first-order valence-electron chi connectivity index (χ1n) is 10.3. The SMILES string of the molecule is CON=C(C)c1cc2cc[nH]c(=O)c2c(Nc2ccc(N3CCO[C@H](C)C3)c(C)c2)n1. The highest BCUT2D eigenvalue weighted by Gasteiger charge is 2.19. The number of aromatic amines is 1. The number of morpholine rings is 1. The molecule has 162 valence electrons. The van der Waals surface area contributed by atoms with Crippen LogP contribution in [0.2, 0.25) is 0 Å². The molecule has 1 saturated heterocycles. The first-order valence-corrected chi connectivity index (χ1v) is 10.3. The van der Waals surface area contributed by atoms with Crippen LogP contribution in [0.3, 0.4) is 0 Å². The molecule has 1 aliphatic heterocycles. The number of hydrogen-bond donors (Lipinski definition) is 2. The second-order valence-corrected chi connectivity index (χ2v) is 7.74. The Morgan fingerprint density at radius 1 is 1.35 bits per heavy atom. The quantitative estimate of drug-likeness (QED) is 0.483. The van der Waals surface area contributed by atoms with Gasteiger partial charge in [-0.2, -0.15) is 0 Å². The van der Waals surface area contributed by atoms with Crippen LogP contribution < -0.4 is 15.8 Å². The van der Waals surface area contributed by atoms with Gasteiger partial charge < -0.3 is 24.8 Å². The lowest BCUT2D eigenvalue weighted by Gasteiger charge is -2.34. The van der Waals surface area contributed by atoms with Gasteiger partial charge in [-0.25, -0.2) is 4.98 Å². The summed E-state index contributed by atoms with van der Waals surface area (Å²) in [6, 6.07) is 9.87. The van der Waals surface area contributed by atoms with Crippen molar-refractivity contribution in [1.82, 2.24) is 9.97 Å². The van der Waals surface area contributed by atoms with Gasteiger partial charge in [0.05, 0.1) is 23.8 Å². The Morgan fingerprint density at radius 2 is 2.19 bits per heavy atom. The largest absolute Gasteiger partial charge is 0.399 e. The molecule has 0 radical (unpaired) electrons. The summed E-state index contributed by atoms with van der Waals surface area (Å²) in [5, 5.41) is 8.59. The van der Waals surface area contributed by atoms with Crippen molar-refractivity contribution in [1.29, 1.82) is 0 Å². The Hall–Kier alpha value is -3.39. The molecule has 1 atom stereocenters. The van der Waals surface area contributed by atoms with Crippen molar-refractivity contribution in [3.63, 3.8) is 0 Å². The molecule has 3 heterocycles. The van der Waals surface area contributed by atoms with Gasteiger partial charge in [0, 0.05) is 30.7 Å². The number of ether oxygens (including phenoxy) is 1. The fraction of sp³-hybridized carbons (Fsp3) is 0.348. The lowest BCUT2D eigenvalue weighted by atomic mass is 10.1. The highest BCUT2D eigenvalue weighted by molar-refractivity contribution is 6.02. The number of fused-ring (bicyclic) bond motifs is 1. The minimum Gasteiger partial charge on any atom is -0.399 e. The second-order valence-electron chi connectivity index (χ2n) is 7.74. The molecule has 0 aliphatic carbocycles. The summed E-state index contributed by atoms with van der Waals surface area (Å²) in [5.74, 6) is 0.479. The zero-order valence-corrected chi connectivity index (χ0v) is 18.2. The van der Waals surface area contributed by atoms with E-state index in [1.807, 2.05) is 25.1 Å². The van der Waals surface area contributed by atoms with Crippen LogP contribution in [0, 0.1) is 6.92 Å². The van der Waals surface area contributed by atoms with E-state index in [1.165, 1.54) is 12.8 Å². The molecule has 0 bridgehead atoms. The van der Waals surface area contributed by atoms with Crippen molar-refractivity contribution in [3.05, 3.63) is 58.1 Å². The summed E-state index contributed by atoms with van der Waals surface area (Å²) in [6.45, 7) is 8.47. The van der Waals surface area contributed by atoms with E-state index in [9.17, 15) is 4.79 Å². The van der Waals surface area contributed by atoms with Gasteiger partial charge in [-0.05, 0) is 62.1 Å². The first kappa shape index (κ1) is 20.9. The summed E-state index contributed by atoms with van der Waals surface area (Å²) in [6.07, 6.45) is 1.84. The minimum atomic E-state index is -0.198. The maximum atomic E-state index is 12.5. The third kappa shape index (κ3) is 4.39. The van der Waals surface area contributed by atoms with Gasteiger partial charge in [0.1, 0.15) is 18.6 Å². The highest BCUT2D eigenvalue weighted by atomic mass is 16.6. The number of aromatic nitrogens is 2. The molecule has 0 unspecified atom stereocenters. The third-order valence-corrected chi connectivity index (χ3v) is 5.39. The van der Waals surface area contributed by atoms with E-state index < -0.39 is 0 Å². The van der Waals surface area contributed by atoms with Crippen LogP contribution in [-0.2, 0) is 9.57 Å². The van der Waals surface area contributed by atoms with E-state index >= 15 is 0 Å². The van der Waals surface area contributed by atoms with Gasteiger partial charge in [-0.1, -0.05) is 5.16 Å². The van der Waals surface area contributed by atoms with Crippen LogP contribution in [0.15, 0.2) is 46.5 Å². The fourth-order valence-corrected chi connectivity index (χ4v) is 3.94. The maximum absolute atomic E-state index is 12.5. The molecule has 31 heavy (non-hydrogen) atoms. The second kappa shape index (κ2) is 8.77. The zero-order valence-electron chi connectivity index (χ0n) is 18.2. The minimum absolute atomic E-state index is 0.198. The van der Waals surface area contributed by atoms with E-state index in [4.69, 9.17) is 9.57 Å². The van der Waals surface area contributed by atoms with Crippen LogP contribution in [0.25, 0.3) is 10.8 Å². The molecule has 4 rings (SSSR count). The van der Waals surface area contributed by atoms with Crippen LogP contribution >= 0.6 is 0 Å². The van der Waals surface area contributed by atoms with Crippen LogP contribution in [0.4, 0.5) is 17.2 Å². The van der Waals surface area contributed by atoms with Gasteiger partial charge in [-0.15, -0.1) is 0 Å². The summed E-state index contributed by atoms with van der Waals surface area (Å²) < 4.78 is 5.66. The number of oxime groups is 1. The molecule has 0 spiro atoms. The summed E-state index contributed by atoms with van der Waals surface area (Å²) in [5.41, 5.74) is 4.26. The molecule has 3 aromatic rings. The number of pyridine rings is 2. The third-order valence-electron chi connectivity index (χ3n) is 5.39. The molecule has 2 N–H and O–H groups in total. The smallest absolute Gasteiger partial charge is 0.259 e. The van der Waals surface area contributed by atoms with Gasteiger partial charge in [0.25, 0.3) is 5.56 Å². The van der Waals surface area contributed by atoms with E-state index in [0.717, 1.165) is 36.3 Å². The van der Waals surface area contributed by atoms with Gasteiger partial charge in [-0.3, -0.25) is 4.79 Å². The molecule has 1 aromatic carbocycles. The molecule has 1 fully saturated rings. The maximum Gasteiger partial charge on any atom is 0.259 e. The molecular formula is C23H27N5O3. The fourth-order valence-electron chi connectivity index (χ4n) is 3.94. The van der Waals surface area contributed by atoms with Crippen molar-refractivity contribution in [2.75, 3.05) is 37.0 Å². The topological polar surface area (TPSA) is 91.8 Å². The van der Waals surface area contributed by atoms with E-state index in [0.29, 0.717) is 22.6 Å². The summed E-state index contributed by atoms with van der Waals surface area (Å²) in [4.78, 5) is 27.2. The van der Waals surface area contributed by atoms with Crippen LogP contribution in [-0.4, -0.2) is 48.6 Å². The molecule has 8 nitrogen and oxygen atoms in total. The Morgan fingerprint density at radius 3 is 2.94 bits per heavy atom. The summed E-state index contributed by atoms with van der Waals surface area (Å²) in [7, 11) is 1.49. The molecular weight excluding hydrogens is 394 g/mol. The van der Waals surface area contributed by atoms with E-state index in [2.05, 4.69) is 51.3 Å². The number of H-pyrrole nitrogens is 1. The highest BCUT2D eigenvalue weighted by Crippen LogP contribution is 2.28. The standard InChI is InChI=1S/C23H27N5O3/c1-14-11-18(5-6-20(14)28-9-10-31-15(2)13-28)25-22-21-17(7-8-24-23(21)29)12-19(26-22)16(3)27-30-4/h5-8,11-12,15H,9-10,13H2,1-4H3,(H,24,29)(H,25,26)/t15-/m1/s1. The van der Waals surface area contributed by atoms with E-state index in [1.54, 1.807) is 6.20 Å². The Bertz CT molecular complexity index is 1190. The number of rotatable bonds is 5. The predicted molar refractivity (Wildman–Crippen MR) is 124 cm³/mol. The molecule has 8 heteroatoms. The zero-order chi connectivity index (χ0) is 22.0. The van der Waals surface area contributed by atoms with Crippen molar-refractivity contribution in [2.24, 2.45) is 5.16 Å². The molecule has 1 aliphatic rings. The molecule has 0 saturated carbocycles. The van der Waals surface area contributed by atoms with Crippen LogP contribution in [0.5, 0.6) is 0 Å². The van der Waals surface area contributed by atoms with Gasteiger partial charge in [0.2, 0.25) is 0 Å². The molecule has 0 amide bonds. The van der Waals surface area contributed by atoms with Crippen molar-refractivity contribution in [3.8, 4) is 0 Å². The lowest BCUT2D eigenvalue weighted by molar-refractivity contribution is 0.0532. The number of benzene rings is 1.